The number of aliphatic hydroxyl groups is 2. The van der Waals surface area contributed by atoms with Gasteiger partial charge in [0.05, 0.1) is 19.0 Å². The van der Waals surface area contributed by atoms with E-state index in [1.807, 2.05) is 0 Å². The van der Waals surface area contributed by atoms with Crippen molar-refractivity contribution in [2.75, 3.05) is 20.7 Å². The first-order chi connectivity index (χ1) is 9.51. The second-order valence-corrected chi connectivity index (χ2v) is 4.67. The Balaban J connectivity index is 2.17. The van der Waals surface area contributed by atoms with Crippen LogP contribution < -0.4 is 5.69 Å². The van der Waals surface area contributed by atoms with E-state index in [1.165, 1.54) is 17.2 Å². The minimum atomic E-state index is -0.816. The van der Waals surface area contributed by atoms with Gasteiger partial charge in [-0.25, -0.2) is 14.8 Å². The van der Waals surface area contributed by atoms with Crippen LogP contribution in [0.2, 0.25) is 0 Å². The lowest BCUT2D eigenvalue weighted by molar-refractivity contribution is -0.0462. The molecule has 1 saturated heterocycles. The maximum absolute atomic E-state index is 11.9. The summed E-state index contributed by atoms with van der Waals surface area (Å²) in [5.41, 5.74) is -0.568. The van der Waals surface area contributed by atoms with Gasteiger partial charge in [0, 0.05) is 20.5 Å². The molecule has 1 aliphatic rings. The number of hydrogen-bond donors (Lipinski definition) is 2. The van der Waals surface area contributed by atoms with Gasteiger partial charge in [-0.05, 0) is 0 Å². The van der Waals surface area contributed by atoms with Crippen molar-refractivity contribution >= 4 is 12.3 Å². The number of aliphatic imine (C=N–C) groups is 1. The number of aliphatic hydroxyl groups excluding tert-OH is 2. The second-order valence-electron chi connectivity index (χ2n) is 4.67. The van der Waals surface area contributed by atoms with E-state index in [9.17, 15) is 9.90 Å². The highest BCUT2D eigenvalue weighted by Gasteiger charge is 2.35. The molecule has 0 amide bonds. The molecular formula is C11H17N5O4. The molecule has 2 N–H and O–H groups in total. The summed E-state index contributed by atoms with van der Waals surface area (Å²) in [6, 6.07) is 0. The van der Waals surface area contributed by atoms with Crippen LogP contribution in [0, 0.1) is 0 Å². The molecule has 1 aromatic heterocycles. The predicted molar refractivity (Wildman–Crippen MR) is 69.8 cm³/mol. The molecule has 2 heterocycles. The first-order valence-electron chi connectivity index (χ1n) is 6.11. The van der Waals surface area contributed by atoms with Crippen molar-refractivity contribution in [3.8, 4) is 0 Å². The monoisotopic (exact) mass is 283 g/mol. The van der Waals surface area contributed by atoms with Gasteiger partial charge in [0.2, 0.25) is 0 Å². The Morgan fingerprint density at radius 1 is 1.65 bits per heavy atom. The molecule has 0 unspecified atom stereocenters. The summed E-state index contributed by atoms with van der Waals surface area (Å²) in [6.45, 7) is -0.307. The smallest absolute Gasteiger partial charge is 0.354 e. The van der Waals surface area contributed by atoms with Gasteiger partial charge in [0.15, 0.2) is 0 Å². The molecule has 0 bridgehead atoms. The van der Waals surface area contributed by atoms with E-state index in [0.717, 1.165) is 0 Å². The summed E-state index contributed by atoms with van der Waals surface area (Å²) in [7, 11) is 3.57. The van der Waals surface area contributed by atoms with Crippen molar-refractivity contribution in [3.63, 3.8) is 0 Å². The van der Waals surface area contributed by atoms with Crippen molar-refractivity contribution in [2.45, 2.75) is 24.9 Å². The lowest BCUT2D eigenvalue weighted by Crippen LogP contribution is -2.28. The highest BCUT2D eigenvalue weighted by atomic mass is 16.5. The van der Waals surface area contributed by atoms with Gasteiger partial charge in [-0.2, -0.15) is 4.98 Å². The summed E-state index contributed by atoms with van der Waals surface area (Å²) in [5.74, 6) is 0.0530. The second kappa shape index (κ2) is 6.07. The molecule has 0 aromatic carbocycles. The van der Waals surface area contributed by atoms with E-state index in [1.54, 1.807) is 19.0 Å². The topological polar surface area (TPSA) is 113 Å². The quantitative estimate of drug-likeness (QED) is 0.510. The van der Waals surface area contributed by atoms with Gasteiger partial charge in [0.25, 0.3) is 5.95 Å². The standard InChI is InChI=1S/C11H17N5O4/c1-15(2)5-12-10-13-6-16(11(19)14-10)9-3-7(18)8(4-17)20-9/h5-9,17-18H,3-4H2,1-2H3/b12-5-/t7-,8+,9+/m0/s1. The van der Waals surface area contributed by atoms with E-state index in [2.05, 4.69) is 15.0 Å². The molecule has 1 fully saturated rings. The average molecular weight is 283 g/mol. The van der Waals surface area contributed by atoms with Crippen LogP contribution in [0.15, 0.2) is 16.1 Å². The number of ether oxygens (including phenoxy) is 1. The number of aromatic nitrogens is 3. The zero-order valence-corrected chi connectivity index (χ0v) is 11.2. The molecule has 0 saturated carbocycles. The highest BCUT2D eigenvalue weighted by molar-refractivity contribution is 5.57. The van der Waals surface area contributed by atoms with Crippen molar-refractivity contribution in [3.05, 3.63) is 16.8 Å². The third-order valence-electron chi connectivity index (χ3n) is 2.81. The molecule has 0 radical (unpaired) electrons. The Kier molecular flexibility index (Phi) is 4.42. The molecule has 9 heteroatoms. The molecule has 1 aromatic rings. The summed E-state index contributed by atoms with van der Waals surface area (Å²) in [6.07, 6.45) is 0.767. The Morgan fingerprint density at radius 3 is 2.95 bits per heavy atom. The highest BCUT2D eigenvalue weighted by Crippen LogP contribution is 2.27. The lowest BCUT2D eigenvalue weighted by Gasteiger charge is -2.13. The van der Waals surface area contributed by atoms with Crippen LogP contribution >= 0.6 is 0 Å². The Morgan fingerprint density at radius 2 is 2.40 bits per heavy atom. The fourth-order valence-electron chi connectivity index (χ4n) is 1.81. The van der Waals surface area contributed by atoms with Crippen LogP contribution in [-0.4, -0.2) is 68.9 Å². The fraction of sp³-hybridized carbons (Fsp3) is 0.636. The first kappa shape index (κ1) is 14.6. The van der Waals surface area contributed by atoms with Gasteiger partial charge in [-0.3, -0.25) is 4.57 Å². The normalized spacial score (nSPS) is 26.3. The van der Waals surface area contributed by atoms with E-state index in [4.69, 9.17) is 9.84 Å². The van der Waals surface area contributed by atoms with Gasteiger partial charge < -0.3 is 19.8 Å². The average Bonchev–Trinajstić information content (AvgIpc) is 2.77. The van der Waals surface area contributed by atoms with Crippen LogP contribution in [0.5, 0.6) is 0 Å². The lowest BCUT2D eigenvalue weighted by atomic mass is 10.2. The van der Waals surface area contributed by atoms with Gasteiger partial charge in [0.1, 0.15) is 18.7 Å². The van der Waals surface area contributed by atoms with Crippen molar-refractivity contribution < 1.29 is 14.9 Å². The predicted octanol–water partition coefficient (Wildman–Crippen LogP) is -1.50. The maximum atomic E-state index is 11.9. The van der Waals surface area contributed by atoms with Crippen LogP contribution in [0.3, 0.4) is 0 Å². The molecule has 20 heavy (non-hydrogen) atoms. The molecule has 0 aliphatic carbocycles. The maximum Gasteiger partial charge on any atom is 0.354 e. The fourth-order valence-corrected chi connectivity index (χ4v) is 1.81. The Bertz CT molecular complexity index is 544. The van der Waals surface area contributed by atoms with Crippen molar-refractivity contribution in [1.82, 2.24) is 19.4 Å². The molecule has 2 rings (SSSR count). The molecule has 1 aliphatic heterocycles. The molecule has 9 nitrogen and oxygen atoms in total. The number of rotatable bonds is 4. The summed E-state index contributed by atoms with van der Waals surface area (Å²) >= 11 is 0. The largest absolute Gasteiger partial charge is 0.394 e. The molecule has 0 spiro atoms. The minimum Gasteiger partial charge on any atom is -0.394 e. The summed E-state index contributed by atoms with van der Waals surface area (Å²) in [4.78, 5) is 25.1. The van der Waals surface area contributed by atoms with Crippen molar-refractivity contribution in [2.24, 2.45) is 4.99 Å². The number of nitrogens with zero attached hydrogens (tertiary/aromatic N) is 5. The first-order valence-corrected chi connectivity index (χ1v) is 6.11. The SMILES string of the molecule is CN(C)/C=N\c1ncn([C@H]2C[C@H](O)[C@@H](CO)O2)c(=O)n1. The molecular weight excluding hydrogens is 266 g/mol. The van der Waals surface area contributed by atoms with Crippen LogP contribution in [0.1, 0.15) is 12.6 Å². The van der Waals surface area contributed by atoms with Crippen LogP contribution in [-0.2, 0) is 4.74 Å². The summed E-state index contributed by atoms with van der Waals surface area (Å²) in [5, 5.41) is 18.7. The molecule has 110 valence electrons. The Labute approximate surface area is 115 Å². The minimum absolute atomic E-state index is 0.0530. The van der Waals surface area contributed by atoms with Gasteiger partial charge in [-0.15, -0.1) is 0 Å². The van der Waals surface area contributed by atoms with E-state index >= 15 is 0 Å². The summed E-state index contributed by atoms with van der Waals surface area (Å²) < 4.78 is 6.54. The van der Waals surface area contributed by atoms with Gasteiger partial charge in [-0.1, -0.05) is 0 Å². The molecule has 3 atom stereocenters. The Hall–Kier alpha value is -1.84. The van der Waals surface area contributed by atoms with Crippen LogP contribution in [0.25, 0.3) is 0 Å². The third kappa shape index (κ3) is 3.18. The van der Waals surface area contributed by atoms with Crippen molar-refractivity contribution in [1.29, 1.82) is 0 Å². The third-order valence-corrected chi connectivity index (χ3v) is 2.81. The van der Waals surface area contributed by atoms with Crippen LogP contribution in [0.4, 0.5) is 5.95 Å². The van der Waals surface area contributed by atoms with E-state index in [0.29, 0.717) is 0 Å². The zero-order valence-electron chi connectivity index (χ0n) is 11.2. The number of hydrogen-bond acceptors (Lipinski definition) is 7. The van der Waals surface area contributed by atoms with E-state index < -0.39 is 24.1 Å². The van der Waals surface area contributed by atoms with E-state index in [-0.39, 0.29) is 19.0 Å². The van der Waals surface area contributed by atoms with Gasteiger partial charge >= 0.3 is 5.69 Å². The zero-order chi connectivity index (χ0) is 14.7.